The van der Waals surface area contributed by atoms with Crippen molar-refractivity contribution in [2.45, 2.75) is 20.3 Å². The second-order valence-electron chi connectivity index (χ2n) is 6.40. The van der Waals surface area contributed by atoms with Crippen molar-refractivity contribution in [3.8, 4) is 0 Å². The Hall–Kier alpha value is -2.89. The van der Waals surface area contributed by atoms with E-state index in [2.05, 4.69) is 23.3 Å². The number of anilines is 2. The normalized spacial score (nSPS) is 14.2. The highest BCUT2D eigenvalue weighted by Crippen LogP contribution is 2.22. The number of para-hydroxylation sites is 1. The highest BCUT2D eigenvalue weighted by Gasteiger charge is 2.23. The van der Waals surface area contributed by atoms with Crippen LogP contribution < -0.4 is 5.32 Å². The maximum Gasteiger partial charge on any atom is 0.255 e. The van der Waals surface area contributed by atoms with Crippen molar-refractivity contribution >= 4 is 23.2 Å². The van der Waals surface area contributed by atoms with Gasteiger partial charge in [-0.2, -0.15) is 0 Å². The molecule has 1 fully saturated rings. The Morgan fingerprint density at radius 2 is 1.77 bits per heavy atom. The van der Waals surface area contributed by atoms with Gasteiger partial charge in [-0.15, -0.1) is 0 Å². The van der Waals surface area contributed by atoms with E-state index < -0.39 is 0 Å². The number of aryl methyl sites for hydroxylation is 1. The van der Waals surface area contributed by atoms with Gasteiger partial charge in [0.25, 0.3) is 5.91 Å². The number of carbonyl (C=O) groups is 2. The van der Waals surface area contributed by atoms with Gasteiger partial charge >= 0.3 is 0 Å². The second-order valence-corrected chi connectivity index (χ2v) is 6.40. The maximum atomic E-state index is 12.8. The van der Waals surface area contributed by atoms with E-state index >= 15 is 0 Å². The number of nitrogens with one attached hydrogen (secondary N) is 1. The number of pyridine rings is 1. The molecule has 3 rings (SSSR count). The van der Waals surface area contributed by atoms with Crippen LogP contribution in [0.2, 0.25) is 0 Å². The number of rotatable bonds is 4. The number of piperazine rings is 1. The van der Waals surface area contributed by atoms with Gasteiger partial charge in [-0.25, -0.2) is 0 Å². The molecule has 6 nitrogen and oxygen atoms in total. The van der Waals surface area contributed by atoms with Gasteiger partial charge in [0, 0.05) is 45.0 Å². The fraction of sp³-hybridized carbons (Fsp3) is 0.350. The molecule has 1 aliphatic heterocycles. The molecule has 0 aliphatic carbocycles. The van der Waals surface area contributed by atoms with Crippen LogP contribution in [-0.2, 0) is 11.2 Å². The molecule has 2 aromatic rings. The smallest absolute Gasteiger partial charge is 0.255 e. The van der Waals surface area contributed by atoms with Crippen molar-refractivity contribution < 1.29 is 9.59 Å². The summed E-state index contributed by atoms with van der Waals surface area (Å²) in [5.41, 5.74) is 3.58. The number of amides is 2. The summed E-state index contributed by atoms with van der Waals surface area (Å²) in [5, 5.41) is 3.36. The van der Waals surface area contributed by atoms with Gasteiger partial charge in [-0.3, -0.25) is 14.6 Å². The molecule has 0 saturated carbocycles. The lowest BCUT2D eigenvalue weighted by atomic mass is 10.1. The van der Waals surface area contributed by atoms with Crippen molar-refractivity contribution in [1.82, 2.24) is 14.8 Å². The van der Waals surface area contributed by atoms with Crippen LogP contribution >= 0.6 is 0 Å². The minimum atomic E-state index is -0.0480. The van der Waals surface area contributed by atoms with Crippen molar-refractivity contribution in [2.75, 3.05) is 31.5 Å². The molecule has 6 heteroatoms. The Morgan fingerprint density at radius 3 is 2.46 bits per heavy atom. The first kappa shape index (κ1) is 17.9. The lowest BCUT2D eigenvalue weighted by Gasteiger charge is -2.34. The van der Waals surface area contributed by atoms with Crippen LogP contribution in [0.25, 0.3) is 0 Å². The lowest BCUT2D eigenvalue weighted by Crippen LogP contribution is -2.50. The molecule has 0 radical (unpaired) electrons. The van der Waals surface area contributed by atoms with Crippen LogP contribution in [0.3, 0.4) is 0 Å². The Kier molecular flexibility index (Phi) is 5.51. The molecule has 2 heterocycles. The summed E-state index contributed by atoms with van der Waals surface area (Å²) in [6.45, 7) is 5.93. The van der Waals surface area contributed by atoms with Gasteiger partial charge in [0.2, 0.25) is 5.91 Å². The van der Waals surface area contributed by atoms with E-state index in [-0.39, 0.29) is 11.8 Å². The third kappa shape index (κ3) is 4.02. The van der Waals surface area contributed by atoms with Crippen LogP contribution in [0.1, 0.15) is 29.8 Å². The lowest BCUT2D eigenvalue weighted by molar-refractivity contribution is -0.130. The molecule has 136 valence electrons. The van der Waals surface area contributed by atoms with E-state index in [4.69, 9.17) is 0 Å². The minimum absolute atomic E-state index is 0.0480. The summed E-state index contributed by atoms with van der Waals surface area (Å²) in [6, 6.07) is 9.94. The highest BCUT2D eigenvalue weighted by atomic mass is 16.2. The number of aromatic nitrogens is 1. The Bertz CT molecular complexity index is 798. The zero-order valence-corrected chi connectivity index (χ0v) is 15.2. The minimum Gasteiger partial charge on any atom is -0.354 e. The molecule has 1 N–H and O–H groups in total. The van der Waals surface area contributed by atoms with Crippen LogP contribution in [0.4, 0.5) is 11.4 Å². The van der Waals surface area contributed by atoms with Gasteiger partial charge in [0.15, 0.2) is 0 Å². The molecule has 0 bridgehead atoms. The zero-order valence-electron chi connectivity index (χ0n) is 15.2. The molecule has 26 heavy (non-hydrogen) atoms. The van der Waals surface area contributed by atoms with Crippen molar-refractivity contribution in [1.29, 1.82) is 0 Å². The summed E-state index contributed by atoms with van der Waals surface area (Å²) in [4.78, 5) is 31.9. The number of nitrogens with zero attached hydrogens (tertiary/aromatic N) is 3. The Morgan fingerprint density at radius 1 is 1.08 bits per heavy atom. The quantitative estimate of drug-likeness (QED) is 0.919. The molecular weight excluding hydrogens is 328 g/mol. The van der Waals surface area contributed by atoms with Crippen LogP contribution in [0.15, 0.2) is 42.7 Å². The van der Waals surface area contributed by atoms with Crippen molar-refractivity contribution in [3.63, 3.8) is 0 Å². The molecular formula is C20H24N4O2. The second kappa shape index (κ2) is 7.99. The van der Waals surface area contributed by atoms with Gasteiger partial charge in [0.1, 0.15) is 0 Å². The number of hydrogen-bond acceptors (Lipinski definition) is 4. The molecule has 2 amide bonds. The van der Waals surface area contributed by atoms with E-state index in [9.17, 15) is 9.59 Å². The predicted octanol–water partition coefficient (Wildman–Crippen LogP) is 2.69. The number of carbonyl (C=O) groups excluding carboxylic acids is 2. The average molecular weight is 352 g/mol. The van der Waals surface area contributed by atoms with E-state index in [1.54, 1.807) is 29.1 Å². The molecule has 0 unspecified atom stereocenters. The molecule has 1 aromatic heterocycles. The SMILES string of the molecule is CCc1ccccc1Nc1cncc(C(=O)N2CCN(C(C)=O)CC2)c1. The summed E-state index contributed by atoms with van der Waals surface area (Å²) >= 11 is 0. The zero-order chi connectivity index (χ0) is 18.5. The van der Waals surface area contributed by atoms with Gasteiger partial charge in [0.05, 0.1) is 17.4 Å². The highest BCUT2D eigenvalue weighted by molar-refractivity contribution is 5.95. The van der Waals surface area contributed by atoms with Gasteiger partial charge < -0.3 is 15.1 Å². The summed E-state index contributed by atoms with van der Waals surface area (Å²) in [6.07, 6.45) is 4.24. The summed E-state index contributed by atoms with van der Waals surface area (Å²) in [5.74, 6) is 0.00711. The van der Waals surface area contributed by atoms with Crippen molar-refractivity contribution in [2.24, 2.45) is 0 Å². The van der Waals surface area contributed by atoms with Crippen LogP contribution in [0.5, 0.6) is 0 Å². The number of hydrogen-bond donors (Lipinski definition) is 1. The Labute approximate surface area is 153 Å². The monoisotopic (exact) mass is 352 g/mol. The first-order chi connectivity index (χ1) is 12.6. The van der Waals surface area contributed by atoms with Gasteiger partial charge in [-0.1, -0.05) is 25.1 Å². The third-order valence-electron chi connectivity index (χ3n) is 4.67. The first-order valence-corrected chi connectivity index (χ1v) is 8.93. The average Bonchev–Trinajstić information content (AvgIpc) is 2.68. The first-order valence-electron chi connectivity index (χ1n) is 8.93. The molecule has 1 aromatic carbocycles. The number of benzene rings is 1. The standard InChI is InChI=1S/C20H24N4O2/c1-3-16-6-4-5-7-19(16)22-18-12-17(13-21-14-18)20(26)24-10-8-23(9-11-24)15(2)25/h4-7,12-14,22H,3,8-11H2,1-2H3. The summed E-state index contributed by atoms with van der Waals surface area (Å²) in [7, 11) is 0. The predicted molar refractivity (Wildman–Crippen MR) is 101 cm³/mol. The van der Waals surface area contributed by atoms with Crippen LogP contribution in [-0.4, -0.2) is 52.8 Å². The third-order valence-corrected chi connectivity index (χ3v) is 4.67. The van der Waals surface area contributed by atoms with E-state index in [1.807, 2.05) is 24.3 Å². The maximum absolute atomic E-state index is 12.8. The topological polar surface area (TPSA) is 65.5 Å². The molecule has 0 spiro atoms. The fourth-order valence-electron chi connectivity index (χ4n) is 3.14. The molecule has 0 atom stereocenters. The largest absolute Gasteiger partial charge is 0.354 e. The molecule has 1 saturated heterocycles. The molecule has 1 aliphatic rings. The van der Waals surface area contributed by atoms with E-state index in [0.717, 1.165) is 17.8 Å². The van der Waals surface area contributed by atoms with E-state index in [1.165, 1.54) is 5.56 Å². The van der Waals surface area contributed by atoms with Crippen LogP contribution in [0, 0.1) is 0 Å². The summed E-state index contributed by atoms with van der Waals surface area (Å²) < 4.78 is 0. The van der Waals surface area contributed by atoms with Crippen molar-refractivity contribution in [3.05, 3.63) is 53.9 Å². The van der Waals surface area contributed by atoms with E-state index in [0.29, 0.717) is 31.7 Å². The fourth-order valence-corrected chi connectivity index (χ4v) is 3.14. The Balaban J connectivity index is 1.71. The van der Waals surface area contributed by atoms with Gasteiger partial charge in [-0.05, 0) is 24.1 Å².